The van der Waals surface area contributed by atoms with Gasteiger partial charge in [0, 0.05) is 5.92 Å². The highest BCUT2D eigenvalue weighted by atomic mass is 35.6. The SMILES string of the molecule is C[C@@H]1C(OC(=O)c2ccccc2)[C@H](OC(=N)C(Cl)(Cl)Cl)OC(COC(=O)c2ccccc2)[C@@H]1OC(=O)c1ccccc1. The molecule has 2 unspecified atom stereocenters. The standard InChI is InChI=1S/C30H26Cl3NO8/c1-18-23(40-26(36)20-13-7-3-8-14-20)22(17-38-25(35)19-11-5-2-6-12-19)39-28(42-29(34)30(31,32)33)24(18)41-27(37)21-15-9-4-10-16-21/h2-16,18,22-24,28,34H,17H2,1H3/t18-,22?,23+,24?,28-/m0/s1. The minimum absolute atomic E-state index is 0.233. The number of benzene rings is 3. The molecule has 42 heavy (non-hydrogen) atoms. The van der Waals surface area contributed by atoms with E-state index in [4.69, 9.17) is 63.9 Å². The average molecular weight is 635 g/mol. The Balaban J connectivity index is 1.64. The van der Waals surface area contributed by atoms with E-state index in [2.05, 4.69) is 0 Å². The number of carbonyl (C=O) groups excluding carboxylic acids is 3. The Morgan fingerprint density at radius 2 is 1.14 bits per heavy atom. The molecule has 0 amide bonds. The van der Waals surface area contributed by atoms with Crippen molar-refractivity contribution in [2.24, 2.45) is 5.92 Å². The predicted molar refractivity (Wildman–Crippen MR) is 155 cm³/mol. The van der Waals surface area contributed by atoms with Crippen LogP contribution in [0, 0.1) is 11.3 Å². The number of hydrogen-bond donors (Lipinski definition) is 1. The second-order valence-electron chi connectivity index (χ2n) is 9.28. The monoisotopic (exact) mass is 633 g/mol. The summed E-state index contributed by atoms with van der Waals surface area (Å²) in [6.45, 7) is 1.25. The lowest BCUT2D eigenvalue weighted by molar-refractivity contribution is -0.264. The van der Waals surface area contributed by atoms with Crippen molar-refractivity contribution in [3.05, 3.63) is 108 Å². The topological polar surface area (TPSA) is 121 Å². The van der Waals surface area contributed by atoms with Crippen LogP contribution in [0.15, 0.2) is 91.0 Å². The number of alkyl halides is 3. The first-order valence-corrected chi connectivity index (χ1v) is 13.9. The van der Waals surface area contributed by atoms with Gasteiger partial charge in [-0.15, -0.1) is 0 Å². The minimum Gasteiger partial charge on any atom is -0.459 e. The molecule has 0 aromatic heterocycles. The van der Waals surface area contributed by atoms with Gasteiger partial charge in [-0.2, -0.15) is 0 Å². The summed E-state index contributed by atoms with van der Waals surface area (Å²) < 4.78 is 26.4. The second-order valence-corrected chi connectivity index (χ2v) is 11.6. The van der Waals surface area contributed by atoms with E-state index in [1.54, 1.807) is 97.9 Å². The van der Waals surface area contributed by atoms with Crippen LogP contribution in [-0.4, -0.2) is 58.8 Å². The number of rotatable bonds is 8. The molecule has 12 heteroatoms. The van der Waals surface area contributed by atoms with Crippen molar-refractivity contribution in [3.8, 4) is 0 Å². The number of halogens is 3. The molecule has 0 radical (unpaired) electrons. The highest BCUT2D eigenvalue weighted by Gasteiger charge is 2.51. The summed E-state index contributed by atoms with van der Waals surface area (Å²) in [6, 6.07) is 24.6. The van der Waals surface area contributed by atoms with Gasteiger partial charge in [-0.05, 0) is 36.4 Å². The maximum Gasteiger partial charge on any atom is 0.338 e. The van der Waals surface area contributed by atoms with Crippen LogP contribution in [0.2, 0.25) is 0 Å². The summed E-state index contributed by atoms with van der Waals surface area (Å²) in [5.41, 5.74) is 0.787. The summed E-state index contributed by atoms with van der Waals surface area (Å²) in [6.07, 6.45) is -4.97. The van der Waals surface area contributed by atoms with Gasteiger partial charge in [0.05, 0.1) is 16.7 Å². The molecule has 0 spiro atoms. The van der Waals surface area contributed by atoms with E-state index in [0.717, 1.165) is 0 Å². The first-order valence-electron chi connectivity index (χ1n) is 12.8. The highest BCUT2D eigenvalue weighted by Crippen LogP contribution is 2.35. The van der Waals surface area contributed by atoms with E-state index in [0.29, 0.717) is 5.56 Å². The van der Waals surface area contributed by atoms with E-state index < -0.39 is 58.1 Å². The molecule has 1 saturated heterocycles. The van der Waals surface area contributed by atoms with Gasteiger partial charge in [0.15, 0.2) is 6.10 Å². The number of hydrogen-bond acceptors (Lipinski definition) is 9. The molecular formula is C30H26Cl3NO8. The molecule has 1 N–H and O–H groups in total. The van der Waals surface area contributed by atoms with Crippen molar-refractivity contribution in [3.63, 3.8) is 0 Å². The quantitative estimate of drug-likeness (QED) is 0.105. The van der Waals surface area contributed by atoms with Gasteiger partial charge in [0.25, 0.3) is 3.79 Å². The summed E-state index contributed by atoms with van der Waals surface area (Å²) >= 11 is 17.5. The molecule has 3 aromatic rings. The first kappa shape index (κ1) is 31.3. The molecular weight excluding hydrogens is 609 g/mol. The maximum absolute atomic E-state index is 13.1. The van der Waals surface area contributed by atoms with Gasteiger partial charge in [-0.25, -0.2) is 14.4 Å². The lowest BCUT2D eigenvalue weighted by Gasteiger charge is -2.44. The van der Waals surface area contributed by atoms with Crippen molar-refractivity contribution in [1.29, 1.82) is 5.41 Å². The fraction of sp³-hybridized carbons (Fsp3) is 0.267. The summed E-state index contributed by atoms with van der Waals surface area (Å²) in [5, 5.41) is 8.09. The third-order valence-electron chi connectivity index (χ3n) is 6.36. The van der Waals surface area contributed by atoms with Crippen LogP contribution in [0.25, 0.3) is 0 Å². The third-order valence-corrected chi connectivity index (χ3v) is 6.88. The molecule has 1 aliphatic rings. The fourth-order valence-corrected chi connectivity index (χ4v) is 4.34. The number of ether oxygens (including phenoxy) is 5. The smallest absolute Gasteiger partial charge is 0.338 e. The summed E-state index contributed by atoms with van der Waals surface area (Å²) in [5.74, 6) is -3.67. The highest BCUT2D eigenvalue weighted by molar-refractivity contribution is 6.76. The van der Waals surface area contributed by atoms with Crippen LogP contribution in [0.5, 0.6) is 0 Å². The van der Waals surface area contributed by atoms with Crippen LogP contribution < -0.4 is 0 Å². The second kappa shape index (κ2) is 14.0. The molecule has 4 rings (SSSR count). The van der Waals surface area contributed by atoms with Crippen LogP contribution >= 0.6 is 34.8 Å². The van der Waals surface area contributed by atoms with E-state index in [1.165, 1.54) is 0 Å². The van der Waals surface area contributed by atoms with Gasteiger partial charge in [-0.3, -0.25) is 5.41 Å². The van der Waals surface area contributed by atoms with Gasteiger partial charge in [-0.1, -0.05) is 96.3 Å². The fourth-order valence-electron chi connectivity index (χ4n) is 4.21. The van der Waals surface area contributed by atoms with Crippen molar-refractivity contribution in [1.82, 2.24) is 0 Å². The van der Waals surface area contributed by atoms with Crippen LogP contribution in [0.1, 0.15) is 38.0 Å². The minimum atomic E-state index is -2.26. The van der Waals surface area contributed by atoms with E-state index in [-0.39, 0.29) is 17.7 Å². The Hall–Kier alpha value is -3.63. The molecule has 0 saturated carbocycles. The van der Waals surface area contributed by atoms with Gasteiger partial charge < -0.3 is 23.7 Å². The summed E-state index contributed by atoms with van der Waals surface area (Å²) in [7, 11) is 0. The average Bonchev–Trinajstić information content (AvgIpc) is 2.99. The van der Waals surface area contributed by atoms with E-state index in [9.17, 15) is 14.4 Å². The molecule has 3 aromatic carbocycles. The summed E-state index contributed by atoms with van der Waals surface area (Å²) in [4.78, 5) is 38.8. The Morgan fingerprint density at radius 3 is 1.60 bits per heavy atom. The lowest BCUT2D eigenvalue weighted by atomic mass is 9.90. The number of carbonyl (C=O) groups is 3. The van der Waals surface area contributed by atoms with Crippen molar-refractivity contribution in [2.45, 2.75) is 35.3 Å². The first-order chi connectivity index (χ1) is 20.0. The zero-order valence-electron chi connectivity index (χ0n) is 22.2. The molecule has 1 fully saturated rings. The van der Waals surface area contributed by atoms with Crippen LogP contribution in [-0.2, 0) is 23.7 Å². The third kappa shape index (κ3) is 8.01. The molecule has 1 aliphatic heterocycles. The van der Waals surface area contributed by atoms with Gasteiger partial charge in [0.2, 0.25) is 12.2 Å². The Bertz CT molecular complexity index is 1380. The molecule has 220 valence electrons. The Morgan fingerprint density at radius 1 is 0.714 bits per heavy atom. The lowest BCUT2D eigenvalue weighted by Crippen LogP contribution is -2.58. The Kier molecular flexibility index (Phi) is 10.5. The van der Waals surface area contributed by atoms with Crippen LogP contribution in [0.4, 0.5) is 0 Å². The van der Waals surface area contributed by atoms with Crippen molar-refractivity contribution >= 4 is 58.6 Å². The normalized spacial score (nSPS) is 22.0. The maximum atomic E-state index is 13.1. The largest absolute Gasteiger partial charge is 0.459 e. The predicted octanol–water partition coefficient (Wildman–Crippen LogP) is 6.02. The zero-order chi connectivity index (χ0) is 30.3. The molecule has 1 heterocycles. The molecule has 9 nitrogen and oxygen atoms in total. The molecule has 0 bridgehead atoms. The number of esters is 3. The molecule has 0 aliphatic carbocycles. The van der Waals surface area contributed by atoms with Crippen molar-refractivity contribution in [2.75, 3.05) is 6.61 Å². The van der Waals surface area contributed by atoms with E-state index >= 15 is 0 Å². The number of nitrogens with one attached hydrogen (secondary N) is 1. The van der Waals surface area contributed by atoms with Gasteiger partial charge >= 0.3 is 17.9 Å². The van der Waals surface area contributed by atoms with Crippen molar-refractivity contribution < 1.29 is 38.1 Å². The van der Waals surface area contributed by atoms with Gasteiger partial charge in [0.1, 0.15) is 18.8 Å². The Labute approximate surface area is 257 Å². The van der Waals surface area contributed by atoms with Crippen LogP contribution in [0.3, 0.4) is 0 Å². The zero-order valence-corrected chi connectivity index (χ0v) is 24.4. The molecule has 5 atom stereocenters. The van der Waals surface area contributed by atoms with E-state index in [1.807, 2.05) is 0 Å².